The number of imide groups is 1. The summed E-state index contributed by atoms with van der Waals surface area (Å²) in [5.41, 5.74) is 1.09. The zero-order valence-electron chi connectivity index (χ0n) is 23.3. The molecule has 2 bridgehead atoms. The van der Waals surface area contributed by atoms with Gasteiger partial charge in [-0.1, -0.05) is 18.2 Å². The molecule has 5 atom stereocenters. The number of phenolic OH excluding ortho intramolecular Hbond substituents is 1. The van der Waals surface area contributed by atoms with Gasteiger partial charge in [0.1, 0.15) is 6.10 Å². The van der Waals surface area contributed by atoms with Crippen LogP contribution in [0.4, 0.5) is 0 Å². The number of carboxylic acid groups (broad SMARTS) is 2. The monoisotopic (exact) mass is 588 g/mol. The van der Waals surface area contributed by atoms with E-state index in [-0.39, 0.29) is 23.6 Å². The van der Waals surface area contributed by atoms with Gasteiger partial charge >= 0.3 is 11.9 Å². The highest BCUT2D eigenvalue weighted by atomic mass is 16.5. The van der Waals surface area contributed by atoms with Gasteiger partial charge in [-0.15, -0.1) is 0 Å². The van der Waals surface area contributed by atoms with E-state index in [1.54, 1.807) is 30.3 Å². The fourth-order valence-corrected chi connectivity index (χ4v) is 8.37. The normalized spacial score (nSPS) is 31.7. The SMILES string of the molecule is O=C(O)/C=C\C(=O)O.O=C1c2ccccc2C(=O)N1[C@@H]1CC[C@@]2(O)[C@@H]3Cc4ccc(O)c5c4[C@@]2(CCN3CC2CC2)[C@H]1O5. The zero-order valence-corrected chi connectivity index (χ0v) is 23.3. The molecule has 2 aromatic carbocycles. The summed E-state index contributed by atoms with van der Waals surface area (Å²) >= 11 is 0. The Morgan fingerprint density at radius 3 is 2.21 bits per heavy atom. The summed E-state index contributed by atoms with van der Waals surface area (Å²) in [6.07, 6.45) is 5.42. The van der Waals surface area contributed by atoms with Gasteiger partial charge in [0, 0.05) is 30.3 Å². The Morgan fingerprint density at radius 2 is 1.60 bits per heavy atom. The van der Waals surface area contributed by atoms with Crippen LogP contribution in [0, 0.1) is 5.92 Å². The summed E-state index contributed by atoms with van der Waals surface area (Å²) < 4.78 is 6.55. The van der Waals surface area contributed by atoms with Crippen molar-refractivity contribution in [1.29, 1.82) is 0 Å². The first-order chi connectivity index (χ1) is 20.6. The summed E-state index contributed by atoms with van der Waals surface area (Å²) in [5, 5.41) is 39.0. The fourth-order valence-electron chi connectivity index (χ4n) is 8.37. The molecule has 3 aliphatic heterocycles. The number of aliphatic carboxylic acids is 2. The van der Waals surface area contributed by atoms with E-state index in [0.717, 1.165) is 36.6 Å². The van der Waals surface area contributed by atoms with Crippen molar-refractivity contribution in [2.75, 3.05) is 13.1 Å². The van der Waals surface area contributed by atoms with Crippen molar-refractivity contribution in [3.8, 4) is 11.5 Å². The number of fused-ring (bicyclic) bond motifs is 1. The number of benzene rings is 2. The molecule has 6 aliphatic rings. The molecule has 8 rings (SSSR count). The number of ether oxygens (including phenoxy) is 1. The molecule has 0 aromatic heterocycles. The van der Waals surface area contributed by atoms with E-state index in [9.17, 15) is 29.4 Å². The number of nitrogens with zero attached hydrogens (tertiary/aromatic N) is 2. The lowest BCUT2D eigenvalue weighted by Crippen LogP contribution is -2.78. The first kappa shape index (κ1) is 27.6. The number of hydrogen-bond donors (Lipinski definition) is 4. The molecule has 1 spiro atoms. The van der Waals surface area contributed by atoms with Gasteiger partial charge in [-0.3, -0.25) is 19.4 Å². The number of rotatable bonds is 5. The van der Waals surface area contributed by atoms with Crippen molar-refractivity contribution in [3.05, 3.63) is 70.8 Å². The maximum atomic E-state index is 13.5. The lowest BCUT2D eigenvalue weighted by atomic mass is 9.48. The van der Waals surface area contributed by atoms with Gasteiger partial charge in [0.25, 0.3) is 11.8 Å². The van der Waals surface area contributed by atoms with E-state index >= 15 is 0 Å². The summed E-state index contributed by atoms with van der Waals surface area (Å²) in [7, 11) is 0. The molecule has 43 heavy (non-hydrogen) atoms. The number of piperidine rings is 1. The van der Waals surface area contributed by atoms with Gasteiger partial charge in [-0.2, -0.15) is 0 Å². The fraction of sp³-hybridized carbons (Fsp3) is 0.438. The molecule has 11 heteroatoms. The van der Waals surface area contributed by atoms with Crippen molar-refractivity contribution in [2.45, 2.75) is 67.7 Å². The number of carbonyl (C=O) groups is 4. The summed E-state index contributed by atoms with van der Waals surface area (Å²) in [6.45, 7) is 1.85. The molecule has 224 valence electrons. The Kier molecular flexibility index (Phi) is 6.19. The molecule has 2 aromatic rings. The van der Waals surface area contributed by atoms with Crippen LogP contribution in [0.15, 0.2) is 48.6 Å². The number of phenols is 1. The van der Waals surface area contributed by atoms with Crippen LogP contribution >= 0.6 is 0 Å². The number of carbonyl (C=O) groups excluding carboxylic acids is 2. The van der Waals surface area contributed by atoms with Crippen molar-refractivity contribution in [2.24, 2.45) is 5.92 Å². The van der Waals surface area contributed by atoms with Crippen LogP contribution < -0.4 is 4.74 Å². The second-order valence-electron chi connectivity index (χ2n) is 12.4. The van der Waals surface area contributed by atoms with Crippen LogP contribution in [-0.2, 0) is 21.4 Å². The van der Waals surface area contributed by atoms with E-state index < -0.39 is 35.1 Å². The van der Waals surface area contributed by atoms with E-state index in [2.05, 4.69) is 4.90 Å². The second-order valence-corrected chi connectivity index (χ2v) is 12.4. The van der Waals surface area contributed by atoms with E-state index in [4.69, 9.17) is 14.9 Å². The van der Waals surface area contributed by atoms with E-state index in [1.807, 2.05) is 6.07 Å². The Bertz CT molecular complexity index is 1550. The van der Waals surface area contributed by atoms with E-state index in [1.165, 1.54) is 17.7 Å². The Balaban J connectivity index is 0.000000334. The van der Waals surface area contributed by atoms with E-state index in [0.29, 0.717) is 48.3 Å². The minimum atomic E-state index is -1.26. The van der Waals surface area contributed by atoms with Gasteiger partial charge in [-0.25, -0.2) is 9.59 Å². The van der Waals surface area contributed by atoms with Crippen LogP contribution in [-0.4, -0.2) is 90.9 Å². The Morgan fingerprint density at radius 1 is 0.953 bits per heavy atom. The molecule has 0 radical (unpaired) electrons. The lowest BCUT2D eigenvalue weighted by Gasteiger charge is -2.64. The highest BCUT2D eigenvalue weighted by molar-refractivity contribution is 6.21. The summed E-state index contributed by atoms with van der Waals surface area (Å²) in [6, 6.07) is 10.1. The third-order valence-corrected chi connectivity index (χ3v) is 10.3. The highest BCUT2D eigenvalue weighted by Gasteiger charge is 2.74. The van der Waals surface area contributed by atoms with Crippen LogP contribution in [0.5, 0.6) is 11.5 Å². The number of aliphatic hydroxyl groups is 1. The zero-order chi connectivity index (χ0) is 30.3. The number of likely N-dealkylation sites (tertiary alicyclic amines) is 1. The first-order valence-corrected chi connectivity index (χ1v) is 14.7. The van der Waals surface area contributed by atoms with Gasteiger partial charge in [0.05, 0.1) is 28.2 Å². The first-order valence-electron chi connectivity index (χ1n) is 14.7. The molecular weight excluding hydrogens is 556 g/mol. The van der Waals surface area contributed by atoms with Crippen LogP contribution in [0.25, 0.3) is 0 Å². The van der Waals surface area contributed by atoms with Crippen molar-refractivity contribution < 1.29 is 44.3 Å². The van der Waals surface area contributed by atoms with Crippen LogP contribution in [0.2, 0.25) is 0 Å². The van der Waals surface area contributed by atoms with Crippen molar-refractivity contribution in [1.82, 2.24) is 9.80 Å². The molecule has 2 amide bonds. The minimum Gasteiger partial charge on any atom is -0.504 e. The molecule has 11 nitrogen and oxygen atoms in total. The van der Waals surface area contributed by atoms with Crippen molar-refractivity contribution >= 4 is 23.8 Å². The average Bonchev–Trinajstić information content (AvgIpc) is 3.67. The summed E-state index contributed by atoms with van der Waals surface area (Å²) in [5.74, 6) is -1.88. The molecule has 0 unspecified atom stereocenters. The molecule has 3 aliphatic carbocycles. The molecule has 3 heterocycles. The molecule has 1 saturated heterocycles. The third-order valence-electron chi connectivity index (χ3n) is 10.3. The summed E-state index contributed by atoms with van der Waals surface area (Å²) in [4.78, 5) is 49.9. The molecule has 3 fully saturated rings. The van der Waals surface area contributed by atoms with Gasteiger partial charge in [0.2, 0.25) is 0 Å². The molecular formula is C32H32N2O9. The number of aromatic hydroxyl groups is 1. The Hall–Kier alpha value is -4.22. The number of carboxylic acids is 2. The minimum absolute atomic E-state index is 0.0333. The predicted molar refractivity (Wildman–Crippen MR) is 150 cm³/mol. The largest absolute Gasteiger partial charge is 0.504 e. The quantitative estimate of drug-likeness (QED) is 0.301. The third kappa shape index (κ3) is 3.94. The molecule has 4 N–H and O–H groups in total. The van der Waals surface area contributed by atoms with Gasteiger partial charge in [0.15, 0.2) is 11.5 Å². The smallest absolute Gasteiger partial charge is 0.328 e. The highest BCUT2D eigenvalue weighted by Crippen LogP contribution is 2.66. The van der Waals surface area contributed by atoms with Gasteiger partial charge in [-0.05, 0) is 74.8 Å². The Labute approximate surface area is 247 Å². The predicted octanol–water partition coefficient (Wildman–Crippen LogP) is 2.33. The maximum absolute atomic E-state index is 13.5. The second kappa shape index (κ2) is 9.65. The van der Waals surface area contributed by atoms with Gasteiger partial charge < -0.3 is 25.2 Å². The van der Waals surface area contributed by atoms with Crippen LogP contribution in [0.3, 0.4) is 0 Å². The average molecular weight is 589 g/mol. The topological polar surface area (TPSA) is 165 Å². The standard InChI is InChI=1S/C28H28N2O5.C4H4O4/c31-20-8-7-16-13-21-28(34)10-9-19(30-25(32)17-3-1-2-4-18(17)26(30)33)24-27(28,22(16)23(20)35-24)11-12-29(21)14-15-5-6-15;5-3(6)1-2-4(7)8/h1-4,7-8,15,19,21,24,31,34H,5-6,9-14H2;1-2H,(H,5,6)(H,7,8)/b;2-1-/t19-,21+,24+,27+,28-;/m1./s1. The maximum Gasteiger partial charge on any atom is 0.328 e. The lowest BCUT2D eigenvalue weighted by molar-refractivity contribution is -0.196. The molecule has 2 saturated carbocycles. The number of hydrogen-bond acceptors (Lipinski definition) is 8. The van der Waals surface area contributed by atoms with Crippen LogP contribution in [0.1, 0.15) is 63.9 Å². The number of amides is 2. The van der Waals surface area contributed by atoms with Crippen molar-refractivity contribution in [3.63, 3.8) is 0 Å².